The SMILES string of the molecule is CC1CN(C(=O)C(C)(C)c2ccc(N)cc2)CC(C)S1. The Kier molecular flexibility index (Phi) is 4.33. The summed E-state index contributed by atoms with van der Waals surface area (Å²) in [5.41, 5.74) is 6.98. The topological polar surface area (TPSA) is 46.3 Å². The Hall–Kier alpha value is -1.16. The Morgan fingerprint density at radius 1 is 1.20 bits per heavy atom. The minimum atomic E-state index is -0.505. The van der Waals surface area contributed by atoms with Gasteiger partial charge in [-0.2, -0.15) is 11.8 Å². The van der Waals surface area contributed by atoms with Crippen molar-refractivity contribution in [3.05, 3.63) is 29.8 Å². The highest BCUT2D eigenvalue weighted by molar-refractivity contribution is 8.00. The number of nitrogens with two attached hydrogens (primary N) is 1. The van der Waals surface area contributed by atoms with Crippen LogP contribution in [-0.2, 0) is 10.2 Å². The van der Waals surface area contributed by atoms with Crippen LogP contribution < -0.4 is 5.73 Å². The van der Waals surface area contributed by atoms with Gasteiger partial charge in [-0.05, 0) is 31.5 Å². The quantitative estimate of drug-likeness (QED) is 0.853. The second-order valence-electron chi connectivity index (χ2n) is 6.21. The molecule has 1 amide bonds. The van der Waals surface area contributed by atoms with Gasteiger partial charge in [0, 0.05) is 29.3 Å². The summed E-state index contributed by atoms with van der Waals surface area (Å²) in [4.78, 5) is 14.9. The number of anilines is 1. The third kappa shape index (κ3) is 3.11. The van der Waals surface area contributed by atoms with E-state index in [2.05, 4.69) is 13.8 Å². The second-order valence-corrected chi connectivity index (χ2v) is 8.10. The lowest BCUT2D eigenvalue weighted by Gasteiger charge is -2.39. The average Bonchev–Trinajstić information content (AvgIpc) is 2.37. The highest BCUT2D eigenvalue weighted by Crippen LogP contribution is 2.31. The summed E-state index contributed by atoms with van der Waals surface area (Å²) >= 11 is 1.96. The molecule has 0 radical (unpaired) electrons. The zero-order chi connectivity index (χ0) is 14.9. The normalized spacial score (nSPS) is 23.7. The van der Waals surface area contributed by atoms with Gasteiger partial charge in [0.25, 0.3) is 0 Å². The summed E-state index contributed by atoms with van der Waals surface area (Å²) in [7, 11) is 0. The van der Waals surface area contributed by atoms with Crippen molar-refractivity contribution in [3.63, 3.8) is 0 Å². The molecule has 0 aliphatic carbocycles. The van der Waals surface area contributed by atoms with Crippen LogP contribution in [0.5, 0.6) is 0 Å². The minimum absolute atomic E-state index is 0.210. The van der Waals surface area contributed by atoms with Gasteiger partial charge in [0.05, 0.1) is 5.41 Å². The molecule has 2 unspecified atom stereocenters. The molecule has 110 valence electrons. The van der Waals surface area contributed by atoms with Crippen molar-refractivity contribution in [3.8, 4) is 0 Å². The van der Waals surface area contributed by atoms with Gasteiger partial charge in [0.15, 0.2) is 0 Å². The molecule has 3 nitrogen and oxygen atoms in total. The van der Waals surface area contributed by atoms with E-state index >= 15 is 0 Å². The Morgan fingerprint density at radius 3 is 2.20 bits per heavy atom. The van der Waals surface area contributed by atoms with Crippen molar-refractivity contribution in [1.29, 1.82) is 0 Å². The molecule has 0 spiro atoms. The monoisotopic (exact) mass is 292 g/mol. The molecular formula is C16H24N2OS. The van der Waals surface area contributed by atoms with Crippen LogP contribution in [0.2, 0.25) is 0 Å². The van der Waals surface area contributed by atoms with Crippen LogP contribution in [0.15, 0.2) is 24.3 Å². The van der Waals surface area contributed by atoms with E-state index in [-0.39, 0.29) is 5.91 Å². The fraction of sp³-hybridized carbons (Fsp3) is 0.562. The molecule has 1 aromatic rings. The number of rotatable bonds is 2. The second kappa shape index (κ2) is 5.68. The van der Waals surface area contributed by atoms with Crippen molar-refractivity contribution in [2.45, 2.75) is 43.6 Å². The van der Waals surface area contributed by atoms with E-state index in [1.807, 2.05) is 54.8 Å². The first kappa shape index (κ1) is 15.2. The molecule has 0 aromatic heterocycles. The summed E-state index contributed by atoms with van der Waals surface area (Å²) in [5.74, 6) is 0.210. The summed E-state index contributed by atoms with van der Waals surface area (Å²) in [5, 5.41) is 1.01. The largest absolute Gasteiger partial charge is 0.399 e. The maximum absolute atomic E-state index is 12.9. The van der Waals surface area contributed by atoms with Gasteiger partial charge in [0.1, 0.15) is 0 Å². The minimum Gasteiger partial charge on any atom is -0.399 e. The molecule has 1 aliphatic heterocycles. The van der Waals surface area contributed by atoms with Crippen LogP contribution in [0, 0.1) is 0 Å². The van der Waals surface area contributed by atoms with Gasteiger partial charge in [-0.1, -0.05) is 26.0 Å². The number of carbonyl (C=O) groups excluding carboxylic acids is 1. The first-order chi connectivity index (χ1) is 9.30. The highest BCUT2D eigenvalue weighted by atomic mass is 32.2. The predicted molar refractivity (Wildman–Crippen MR) is 87.0 cm³/mol. The molecule has 1 aromatic carbocycles. The van der Waals surface area contributed by atoms with Crippen molar-refractivity contribution in [2.24, 2.45) is 0 Å². The lowest BCUT2D eigenvalue weighted by atomic mass is 9.83. The number of carbonyl (C=O) groups is 1. The fourth-order valence-electron chi connectivity index (χ4n) is 2.76. The molecule has 2 rings (SSSR count). The molecule has 20 heavy (non-hydrogen) atoms. The Labute approximate surface area is 125 Å². The van der Waals surface area contributed by atoms with Crippen LogP contribution in [0.1, 0.15) is 33.3 Å². The number of nitrogen functional groups attached to an aromatic ring is 1. The van der Waals surface area contributed by atoms with Crippen molar-refractivity contribution in [1.82, 2.24) is 4.90 Å². The van der Waals surface area contributed by atoms with Crippen molar-refractivity contribution < 1.29 is 4.79 Å². The molecule has 0 saturated carbocycles. The number of hydrogen-bond acceptors (Lipinski definition) is 3. The van der Waals surface area contributed by atoms with E-state index in [1.165, 1.54) is 0 Å². The van der Waals surface area contributed by atoms with Gasteiger partial charge in [-0.15, -0.1) is 0 Å². The summed E-state index contributed by atoms with van der Waals surface area (Å²) in [6, 6.07) is 7.64. The molecule has 1 aliphatic rings. The summed E-state index contributed by atoms with van der Waals surface area (Å²) in [6.07, 6.45) is 0. The zero-order valence-electron chi connectivity index (χ0n) is 12.7. The number of hydrogen-bond donors (Lipinski definition) is 1. The van der Waals surface area contributed by atoms with E-state index in [1.54, 1.807) is 0 Å². The van der Waals surface area contributed by atoms with Crippen LogP contribution in [-0.4, -0.2) is 34.4 Å². The highest BCUT2D eigenvalue weighted by Gasteiger charge is 2.36. The van der Waals surface area contributed by atoms with Crippen LogP contribution in [0.3, 0.4) is 0 Å². The van der Waals surface area contributed by atoms with Crippen LogP contribution in [0.4, 0.5) is 5.69 Å². The van der Waals surface area contributed by atoms with Crippen LogP contribution in [0.25, 0.3) is 0 Å². The Bertz CT molecular complexity index is 474. The number of amides is 1. The molecule has 1 saturated heterocycles. The van der Waals surface area contributed by atoms with Crippen molar-refractivity contribution >= 4 is 23.4 Å². The first-order valence-electron chi connectivity index (χ1n) is 7.11. The molecule has 4 heteroatoms. The van der Waals surface area contributed by atoms with E-state index in [0.29, 0.717) is 10.5 Å². The molecule has 1 fully saturated rings. The maximum Gasteiger partial charge on any atom is 0.232 e. The summed E-state index contributed by atoms with van der Waals surface area (Å²) in [6.45, 7) is 10.1. The maximum atomic E-state index is 12.9. The third-order valence-corrected chi connectivity index (χ3v) is 5.10. The molecule has 0 bridgehead atoms. The lowest BCUT2D eigenvalue weighted by molar-refractivity contribution is -0.136. The number of thioether (sulfide) groups is 1. The molecule has 2 atom stereocenters. The number of nitrogens with zero attached hydrogens (tertiary/aromatic N) is 1. The summed E-state index contributed by atoms with van der Waals surface area (Å²) < 4.78 is 0. The standard InChI is InChI=1S/C16H24N2OS/c1-11-9-18(10-12(2)20-11)15(19)16(3,4)13-5-7-14(17)8-6-13/h5-8,11-12H,9-10,17H2,1-4H3. The third-order valence-electron chi connectivity index (χ3n) is 3.87. The van der Waals surface area contributed by atoms with Gasteiger partial charge < -0.3 is 10.6 Å². The van der Waals surface area contributed by atoms with E-state index in [4.69, 9.17) is 5.73 Å². The molecule has 1 heterocycles. The lowest BCUT2D eigenvalue weighted by Crippen LogP contribution is -2.50. The van der Waals surface area contributed by atoms with E-state index < -0.39 is 5.41 Å². The van der Waals surface area contributed by atoms with E-state index in [0.717, 1.165) is 24.3 Å². The first-order valence-corrected chi connectivity index (χ1v) is 8.06. The average molecular weight is 292 g/mol. The fourth-order valence-corrected chi connectivity index (χ4v) is 4.09. The number of benzene rings is 1. The predicted octanol–water partition coefficient (Wildman–Crippen LogP) is 2.90. The Morgan fingerprint density at radius 2 is 1.70 bits per heavy atom. The van der Waals surface area contributed by atoms with E-state index in [9.17, 15) is 4.79 Å². The molecule has 2 N–H and O–H groups in total. The van der Waals surface area contributed by atoms with Crippen molar-refractivity contribution in [2.75, 3.05) is 18.8 Å². The smallest absolute Gasteiger partial charge is 0.232 e. The van der Waals surface area contributed by atoms with Gasteiger partial charge >= 0.3 is 0 Å². The van der Waals surface area contributed by atoms with Gasteiger partial charge in [0.2, 0.25) is 5.91 Å². The van der Waals surface area contributed by atoms with Gasteiger partial charge in [-0.3, -0.25) is 4.79 Å². The zero-order valence-corrected chi connectivity index (χ0v) is 13.5. The Balaban J connectivity index is 2.20. The van der Waals surface area contributed by atoms with Crippen LogP contribution >= 0.6 is 11.8 Å². The molecular weight excluding hydrogens is 268 g/mol. The van der Waals surface area contributed by atoms with Gasteiger partial charge in [-0.25, -0.2) is 0 Å².